The molecule has 2 atom stereocenters. The van der Waals surface area contributed by atoms with E-state index in [9.17, 15) is 9.59 Å². The fourth-order valence-corrected chi connectivity index (χ4v) is 3.25. The second-order valence-electron chi connectivity index (χ2n) is 6.18. The fraction of sp³-hybridized carbons (Fsp3) is 0.867. The third kappa shape index (κ3) is 4.33. The summed E-state index contributed by atoms with van der Waals surface area (Å²) in [5.74, 6) is 0.252. The van der Waals surface area contributed by atoms with Gasteiger partial charge in [0.1, 0.15) is 0 Å². The minimum absolute atomic E-state index is 0. The van der Waals surface area contributed by atoms with Crippen LogP contribution in [0.15, 0.2) is 0 Å². The highest BCUT2D eigenvalue weighted by atomic mass is 35.5. The Labute approximate surface area is 139 Å². The number of hydrogen-bond acceptors (Lipinski definition) is 4. The zero-order chi connectivity index (χ0) is 15.4. The number of amides is 2. The molecular weight excluding hydrogens is 304 g/mol. The standard InChI is InChI=1S/C15H28N4O2.ClH/c1-3-5-12(16)14(20)18-8-10-19(11-9-18)15(21)13-6-4-7-17(13)2;/h12-13H,3-11,16H2,1-2H3;1H. The summed E-state index contributed by atoms with van der Waals surface area (Å²) in [6.07, 6.45) is 3.69. The number of piperazine rings is 1. The number of rotatable bonds is 4. The van der Waals surface area contributed by atoms with E-state index in [2.05, 4.69) is 4.90 Å². The molecule has 2 amide bonds. The molecule has 0 saturated carbocycles. The van der Waals surface area contributed by atoms with Crippen molar-refractivity contribution in [1.29, 1.82) is 0 Å². The van der Waals surface area contributed by atoms with Crippen molar-refractivity contribution in [3.05, 3.63) is 0 Å². The molecule has 6 nitrogen and oxygen atoms in total. The molecule has 2 rings (SSSR count). The van der Waals surface area contributed by atoms with Gasteiger partial charge in [-0.05, 0) is 32.9 Å². The number of carbonyl (C=O) groups is 2. The molecule has 2 aliphatic rings. The third-order valence-electron chi connectivity index (χ3n) is 4.63. The number of nitrogens with two attached hydrogens (primary N) is 1. The zero-order valence-electron chi connectivity index (χ0n) is 13.7. The van der Waals surface area contributed by atoms with Crippen molar-refractivity contribution in [2.45, 2.75) is 44.7 Å². The van der Waals surface area contributed by atoms with E-state index in [0.29, 0.717) is 26.2 Å². The molecule has 0 aromatic heterocycles. The van der Waals surface area contributed by atoms with Crippen LogP contribution in [0.1, 0.15) is 32.6 Å². The molecule has 2 saturated heterocycles. The topological polar surface area (TPSA) is 69.9 Å². The van der Waals surface area contributed by atoms with E-state index in [1.807, 2.05) is 23.8 Å². The van der Waals surface area contributed by atoms with Gasteiger partial charge < -0.3 is 15.5 Å². The van der Waals surface area contributed by atoms with Crippen molar-refractivity contribution < 1.29 is 9.59 Å². The maximum atomic E-state index is 12.5. The monoisotopic (exact) mass is 332 g/mol. The first-order valence-electron chi connectivity index (χ1n) is 8.08. The molecule has 2 N–H and O–H groups in total. The number of hydrogen-bond donors (Lipinski definition) is 1. The number of nitrogens with zero attached hydrogens (tertiary/aromatic N) is 3. The van der Waals surface area contributed by atoms with E-state index in [0.717, 1.165) is 32.2 Å². The number of carbonyl (C=O) groups excluding carboxylic acids is 2. The molecule has 0 spiro atoms. The Hall–Kier alpha value is -0.850. The lowest BCUT2D eigenvalue weighted by Crippen LogP contribution is -2.56. The second-order valence-corrected chi connectivity index (χ2v) is 6.18. The maximum Gasteiger partial charge on any atom is 0.240 e. The molecule has 7 heteroatoms. The summed E-state index contributed by atoms with van der Waals surface area (Å²) in [6.45, 7) is 5.51. The predicted molar refractivity (Wildman–Crippen MR) is 88.9 cm³/mol. The summed E-state index contributed by atoms with van der Waals surface area (Å²) < 4.78 is 0. The lowest BCUT2D eigenvalue weighted by Gasteiger charge is -2.37. The van der Waals surface area contributed by atoms with Gasteiger partial charge in [0.2, 0.25) is 11.8 Å². The van der Waals surface area contributed by atoms with Crippen LogP contribution in [0.25, 0.3) is 0 Å². The SMILES string of the molecule is CCCC(N)C(=O)N1CCN(C(=O)C2CCCN2C)CC1.Cl. The van der Waals surface area contributed by atoms with Gasteiger partial charge in [0.05, 0.1) is 12.1 Å². The summed E-state index contributed by atoms with van der Waals surface area (Å²) in [5, 5.41) is 0. The van der Waals surface area contributed by atoms with E-state index >= 15 is 0 Å². The predicted octanol–water partition coefficient (Wildman–Crippen LogP) is 0.301. The van der Waals surface area contributed by atoms with Gasteiger partial charge in [-0.2, -0.15) is 0 Å². The Kier molecular flexibility index (Phi) is 7.59. The van der Waals surface area contributed by atoms with Gasteiger partial charge in [0.25, 0.3) is 0 Å². The molecule has 0 aromatic rings. The van der Waals surface area contributed by atoms with E-state index < -0.39 is 6.04 Å². The van der Waals surface area contributed by atoms with Gasteiger partial charge in [-0.15, -0.1) is 12.4 Å². The first-order valence-corrected chi connectivity index (χ1v) is 8.08. The highest BCUT2D eigenvalue weighted by Crippen LogP contribution is 2.18. The van der Waals surface area contributed by atoms with Gasteiger partial charge in [-0.25, -0.2) is 0 Å². The van der Waals surface area contributed by atoms with Crippen molar-refractivity contribution in [1.82, 2.24) is 14.7 Å². The zero-order valence-corrected chi connectivity index (χ0v) is 14.5. The number of halogens is 1. The lowest BCUT2D eigenvalue weighted by molar-refractivity contribution is -0.142. The van der Waals surface area contributed by atoms with Crippen LogP contribution in [0, 0.1) is 0 Å². The van der Waals surface area contributed by atoms with E-state index in [1.165, 1.54) is 0 Å². The Morgan fingerprint density at radius 1 is 1.14 bits per heavy atom. The summed E-state index contributed by atoms with van der Waals surface area (Å²) in [6, 6.07) is -0.354. The molecule has 2 aliphatic heterocycles. The summed E-state index contributed by atoms with van der Waals surface area (Å²) in [5.41, 5.74) is 5.89. The Bertz CT molecular complexity index is 386. The minimum atomic E-state index is -0.391. The average molecular weight is 333 g/mol. The smallest absolute Gasteiger partial charge is 0.240 e. The number of likely N-dealkylation sites (tertiary alicyclic amines) is 1. The van der Waals surface area contributed by atoms with E-state index in [1.54, 1.807) is 0 Å². The van der Waals surface area contributed by atoms with Crippen molar-refractivity contribution in [3.8, 4) is 0 Å². The quantitative estimate of drug-likeness (QED) is 0.804. The normalized spacial score (nSPS) is 24.0. The summed E-state index contributed by atoms with van der Waals surface area (Å²) in [7, 11) is 2.01. The van der Waals surface area contributed by atoms with Crippen LogP contribution in [0.3, 0.4) is 0 Å². The molecule has 2 unspecified atom stereocenters. The summed E-state index contributed by atoms with van der Waals surface area (Å²) >= 11 is 0. The van der Waals surface area contributed by atoms with E-state index in [4.69, 9.17) is 5.73 Å². The molecule has 2 heterocycles. The Morgan fingerprint density at radius 3 is 2.23 bits per heavy atom. The molecule has 22 heavy (non-hydrogen) atoms. The second kappa shape index (κ2) is 8.70. The highest BCUT2D eigenvalue weighted by Gasteiger charge is 2.33. The van der Waals surface area contributed by atoms with Crippen molar-refractivity contribution in [3.63, 3.8) is 0 Å². The van der Waals surface area contributed by atoms with Crippen molar-refractivity contribution >= 4 is 24.2 Å². The van der Waals surface area contributed by atoms with Gasteiger partial charge >= 0.3 is 0 Å². The van der Waals surface area contributed by atoms with Crippen LogP contribution in [0.4, 0.5) is 0 Å². The van der Waals surface area contributed by atoms with Gasteiger partial charge in [-0.3, -0.25) is 14.5 Å². The van der Waals surface area contributed by atoms with Crippen molar-refractivity contribution in [2.75, 3.05) is 39.8 Å². The van der Waals surface area contributed by atoms with Crippen LogP contribution in [-0.4, -0.2) is 78.4 Å². The minimum Gasteiger partial charge on any atom is -0.338 e. The largest absolute Gasteiger partial charge is 0.338 e. The first-order chi connectivity index (χ1) is 10.0. The van der Waals surface area contributed by atoms with Crippen LogP contribution >= 0.6 is 12.4 Å². The van der Waals surface area contributed by atoms with Crippen molar-refractivity contribution in [2.24, 2.45) is 5.73 Å². The molecule has 0 bridgehead atoms. The fourth-order valence-electron chi connectivity index (χ4n) is 3.25. The van der Waals surface area contributed by atoms with Gasteiger partial charge in [0, 0.05) is 26.2 Å². The Balaban J connectivity index is 0.00000242. The molecule has 0 aliphatic carbocycles. The molecule has 128 valence electrons. The van der Waals surface area contributed by atoms with Crippen LogP contribution in [0.2, 0.25) is 0 Å². The molecule has 2 fully saturated rings. The van der Waals surface area contributed by atoms with Crippen LogP contribution in [-0.2, 0) is 9.59 Å². The van der Waals surface area contributed by atoms with Gasteiger partial charge in [-0.1, -0.05) is 13.3 Å². The maximum absolute atomic E-state index is 12.5. The lowest BCUT2D eigenvalue weighted by atomic mass is 10.1. The van der Waals surface area contributed by atoms with Crippen LogP contribution < -0.4 is 5.73 Å². The summed E-state index contributed by atoms with van der Waals surface area (Å²) in [4.78, 5) is 30.5. The third-order valence-corrected chi connectivity index (χ3v) is 4.63. The average Bonchev–Trinajstić information content (AvgIpc) is 2.92. The Morgan fingerprint density at radius 2 is 1.73 bits per heavy atom. The first kappa shape index (κ1) is 19.2. The van der Waals surface area contributed by atoms with E-state index in [-0.39, 0.29) is 30.3 Å². The molecule has 0 aromatic carbocycles. The van der Waals surface area contributed by atoms with Crippen LogP contribution in [0.5, 0.6) is 0 Å². The van der Waals surface area contributed by atoms with Gasteiger partial charge in [0.15, 0.2) is 0 Å². The number of likely N-dealkylation sites (N-methyl/N-ethyl adjacent to an activating group) is 1. The molecule has 0 radical (unpaired) electrons. The highest BCUT2D eigenvalue weighted by molar-refractivity contribution is 5.85. The molecular formula is C15H29ClN4O2.